The van der Waals surface area contributed by atoms with Gasteiger partial charge in [-0.05, 0) is 19.1 Å². The molecule has 0 saturated carbocycles. The van der Waals surface area contributed by atoms with Crippen molar-refractivity contribution in [2.45, 2.75) is 31.5 Å². The Kier molecular flexibility index (Phi) is 3.35. The summed E-state index contributed by atoms with van der Waals surface area (Å²) in [7, 11) is 1.49. The Bertz CT molecular complexity index is 408. The fraction of sp³-hybridized carbons (Fsp3) is 0.538. The first-order valence-electron chi connectivity index (χ1n) is 5.73. The Hall–Kier alpha value is -1.13. The fourth-order valence-corrected chi connectivity index (χ4v) is 2.31. The minimum Gasteiger partial charge on any atom is -0.497 e. The number of ether oxygens (including phenoxy) is 2. The van der Waals surface area contributed by atoms with Crippen LogP contribution in [0.4, 0.5) is 4.39 Å². The second-order valence-electron chi connectivity index (χ2n) is 4.51. The maximum atomic E-state index is 13.9. The maximum Gasteiger partial charge on any atom is 0.132 e. The lowest BCUT2D eigenvalue weighted by Gasteiger charge is -2.36. The summed E-state index contributed by atoms with van der Waals surface area (Å²) in [5.41, 5.74) is -0.804. The van der Waals surface area contributed by atoms with Crippen LogP contribution in [0.1, 0.15) is 25.3 Å². The third-order valence-electron chi connectivity index (χ3n) is 3.22. The van der Waals surface area contributed by atoms with E-state index in [4.69, 9.17) is 9.47 Å². The van der Waals surface area contributed by atoms with Gasteiger partial charge >= 0.3 is 0 Å². The second kappa shape index (κ2) is 4.63. The van der Waals surface area contributed by atoms with Gasteiger partial charge in [-0.2, -0.15) is 0 Å². The third kappa shape index (κ3) is 2.42. The summed E-state index contributed by atoms with van der Waals surface area (Å²) < 4.78 is 24.2. The second-order valence-corrected chi connectivity index (χ2v) is 4.51. The highest BCUT2D eigenvalue weighted by molar-refractivity contribution is 5.32. The first kappa shape index (κ1) is 12.3. The van der Waals surface area contributed by atoms with Gasteiger partial charge in [-0.25, -0.2) is 4.39 Å². The molecule has 0 spiro atoms. The lowest BCUT2D eigenvalue weighted by Crippen LogP contribution is -2.38. The molecular formula is C13H17FO3. The Morgan fingerprint density at radius 1 is 1.53 bits per heavy atom. The Labute approximate surface area is 100 Å². The fourth-order valence-electron chi connectivity index (χ4n) is 2.31. The molecule has 1 aliphatic rings. The monoisotopic (exact) mass is 240 g/mol. The van der Waals surface area contributed by atoms with E-state index in [0.29, 0.717) is 30.8 Å². The molecule has 2 unspecified atom stereocenters. The van der Waals surface area contributed by atoms with Crippen LogP contribution in [0.2, 0.25) is 0 Å². The highest BCUT2D eigenvalue weighted by Crippen LogP contribution is 2.36. The molecule has 17 heavy (non-hydrogen) atoms. The zero-order valence-corrected chi connectivity index (χ0v) is 10.1. The third-order valence-corrected chi connectivity index (χ3v) is 3.22. The van der Waals surface area contributed by atoms with Gasteiger partial charge in [0.25, 0.3) is 0 Å². The molecule has 0 radical (unpaired) electrons. The summed E-state index contributed by atoms with van der Waals surface area (Å²) >= 11 is 0. The maximum absolute atomic E-state index is 13.9. The van der Waals surface area contributed by atoms with Crippen LogP contribution < -0.4 is 4.74 Å². The SMILES string of the molecule is COc1ccc(C2(O)CCOC(C)C2)c(F)c1. The Balaban J connectivity index is 2.32. The molecular weight excluding hydrogens is 223 g/mol. The molecule has 1 N–H and O–H groups in total. The van der Waals surface area contributed by atoms with Crippen LogP contribution in [0, 0.1) is 5.82 Å². The standard InChI is InChI=1S/C13H17FO3/c1-9-8-13(15,5-6-17-9)11-4-3-10(16-2)7-12(11)14/h3-4,7,9,15H,5-6,8H2,1-2H3. The molecule has 2 atom stereocenters. The van der Waals surface area contributed by atoms with Crippen LogP contribution in [0.15, 0.2) is 18.2 Å². The van der Waals surface area contributed by atoms with Gasteiger partial charge in [0.05, 0.1) is 25.4 Å². The van der Waals surface area contributed by atoms with E-state index in [1.54, 1.807) is 12.1 Å². The van der Waals surface area contributed by atoms with Crippen molar-refractivity contribution in [2.24, 2.45) is 0 Å². The van der Waals surface area contributed by atoms with Crippen molar-refractivity contribution in [2.75, 3.05) is 13.7 Å². The van der Waals surface area contributed by atoms with E-state index < -0.39 is 11.4 Å². The van der Waals surface area contributed by atoms with E-state index in [0.717, 1.165) is 0 Å². The number of rotatable bonds is 2. The summed E-state index contributed by atoms with van der Waals surface area (Å²) in [5, 5.41) is 10.5. The molecule has 1 fully saturated rings. The summed E-state index contributed by atoms with van der Waals surface area (Å²) in [6.07, 6.45) is 0.770. The van der Waals surface area contributed by atoms with Crippen molar-refractivity contribution in [1.82, 2.24) is 0 Å². The van der Waals surface area contributed by atoms with Gasteiger partial charge < -0.3 is 14.6 Å². The van der Waals surface area contributed by atoms with Gasteiger partial charge in [0, 0.05) is 24.5 Å². The minimum atomic E-state index is -1.13. The zero-order valence-electron chi connectivity index (χ0n) is 10.1. The highest BCUT2D eigenvalue weighted by atomic mass is 19.1. The van der Waals surface area contributed by atoms with Gasteiger partial charge in [-0.1, -0.05) is 0 Å². The van der Waals surface area contributed by atoms with Gasteiger partial charge in [0.15, 0.2) is 0 Å². The number of hydrogen-bond acceptors (Lipinski definition) is 3. The van der Waals surface area contributed by atoms with Gasteiger partial charge in [-0.15, -0.1) is 0 Å². The number of aliphatic hydroxyl groups is 1. The summed E-state index contributed by atoms with van der Waals surface area (Å²) in [5.74, 6) is 0.0240. The lowest BCUT2D eigenvalue weighted by atomic mass is 9.84. The molecule has 1 heterocycles. The van der Waals surface area contributed by atoms with Crippen molar-refractivity contribution in [3.8, 4) is 5.75 Å². The van der Waals surface area contributed by atoms with Crippen molar-refractivity contribution in [3.63, 3.8) is 0 Å². The molecule has 3 nitrogen and oxygen atoms in total. The average Bonchev–Trinajstić information content (AvgIpc) is 2.28. The van der Waals surface area contributed by atoms with Gasteiger partial charge in [-0.3, -0.25) is 0 Å². The van der Waals surface area contributed by atoms with E-state index in [1.807, 2.05) is 6.92 Å². The molecule has 0 aromatic heterocycles. The number of hydrogen-bond donors (Lipinski definition) is 1. The average molecular weight is 240 g/mol. The molecule has 4 heteroatoms. The van der Waals surface area contributed by atoms with E-state index >= 15 is 0 Å². The van der Waals surface area contributed by atoms with E-state index in [1.165, 1.54) is 13.2 Å². The normalized spacial score (nSPS) is 29.1. The van der Waals surface area contributed by atoms with Crippen LogP contribution >= 0.6 is 0 Å². The smallest absolute Gasteiger partial charge is 0.132 e. The van der Waals surface area contributed by atoms with Crippen molar-refractivity contribution < 1.29 is 19.0 Å². The highest BCUT2D eigenvalue weighted by Gasteiger charge is 2.37. The van der Waals surface area contributed by atoms with E-state index in [9.17, 15) is 9.50 Å². The first-order valence-corrected chi connectivity index (χ1v) is 5.73. The summed E-state index contributed by atoms with van der Waals surface area (Å²) in [4.78, 5) is 0. The molecule has 0 amide bonds. The zero-order chi connectivity index (χ0) is 12.5. The van der Waals surface area contributed by atoms with Crippen LogP contribution in [0.3, 0.4) is 0 Å². The predicted molar refractivity (Wildman–Crippen MR) is 61.5 cm³/mol. The molecule has 0 bridgehead atoms. The van der Waals surface area contributed by atoms with Gasteiger partial charge in [0.1, 0.15) is 11.6 Å². The quantitative estimate of drug-likeness (QED) is 0.861. The van der Waals surface area contributed by atoms with Crippen molar-refractivity contribution in [1.29, 1.82) is 0 Å². The van der Waals surface area contributed by atoms with Gasteiger partial charge in [0.2, 0.25) is 0 Å². The molecule has 0 aliphatic carbocycles. The van der Waals surface area contributed by atoms with Crippen molar-refractivity contribution in [3.05, 3.63) is 29.6 Å². The minimum absolute atomic E-state index is 0.0600. The molecule has 1 aromatic rings. The van der Waals surface area contributed by atoms with Crippen LogP contribution in [-0.4, -0.2) is 24.9 Å². The summed E-state index contributed by atoms with van der Waals surface area (Å²) in [6.45, 7) is 2.33. The molecule has 1 aromatic carbocycles. The number of methoxy groups -OCH3 is 1. The largest absolute Gasteiger partial charge is 0.497 e. The molecule has 1 saturated heterocycles. The van der Waals surface area contributed by atoms with Crippen LogP contribution in [0.25, 0.3) is 0 Å². The Morgan fingerprint density at radius 2 is 2.29 bits per heavy atom. The number of benzene rings is 1. The molecule has 1 aliphatic heterocycles. The summed E-state index contributed by atoms with van der Waals surface area (Å²) in [6, 6.07) is 4.55. The molecule has 94 valence electrons. The number of halogens is 1. The first-order chi connectivity index (χ1) is 8.05. The van der Waals surface area contributed by atoms with E-state index in [2.05, 4.69) is 0 Å². The Morgan fingerprint density at radius 3 is 2.88 bits per heavy atom. The van der Waals surface area contributed by atoms with E-state index in [-0.39, 0.29) is 6.10 Å². The van der Waals surface area contributed by atoms with Crippen LogP contribution in [-0.2, 0) is 10.3 Å². The molecule has 2 rings (SSSR count). The topological polar surface area (TPSA) is 38.7 Å². The van der Waals surface area contributed by atoms with Crippen LogP contribution in [0.5, 0.6) is 5.75 Å². The van der Waals surface area contributed by atoms with Crippen molar-refractivity contribution >= 4 is 0 Å². The lowest BCUT2D eigenvalue weighted by molar-refractivity contribution is -0.103. The predicted octanol–water partition coefficient (Wildman–Crippen LogP) is 2.22.